The normalized spacial score (nSPS) is 23.4. The van der Waals surface area contributed by atoms with Gasteiger partial charge in [-0.2, -0.15) is 4.68 Å². The molecule has 5 rings (SSSR count). The van der Waals surface area contributed by atoms with Crippen molar-refractivity contribution in [2.24, 2.45) is 5.41 Å². The highest BCUT2D eigenvalue weighted by molar-refractivity contribution is 5.90. The molecule has 0 radical (unpaired) electrons. The average molecular weight is 1080 g/mol. The first-order valence-corrected chi connectivity index (χ1v) is 34.3. The van der Waals surface area contributed by atoms with Crippen LogP contribution >= 0.6 is 0 Å². The summed E-state index contributed by atoms with van der Waals surface area (Å²) in [5, 5.41) is 23.4. The molecule has 2 aromatic heterocycles. The van der Waals surface area contributed by atoms with Gasteiger partial charge in [0.1, 0.15) is 19.0 Å². The number of nitrogens with zero attached hydrogens (tertiary/aromatic N) is 7. The van der Waals surface area contributed by atoms with Crippen LogP contribution in [0.5, 0.6) is 0 Å². The number of rotatable bonds is 5. The van der Waals surface area contributed by atoms with Gasteiger partial charge in [0, 0.05) is 19.6 Å². The van der Waals surface area contributed by atoms with Crippen molar-refractivity contribution in [3.63, 3.8) is 0 Å². The molecule has 1 unspecified atom stereocenters. The number of carbonyl (C=O) groups excluding carboxylic acids is 1. The van der Waals surface area contributed by atoms with E-state index in [2.05, 4.69) is 25.3 Å². The monoisotopic (exact) mass is 1080 g/mol. The van der Waals surface area contributed by atoms with Gasteiger partial charge in [0.15, 0.2) is 5.82 Å². The maximum Gasteiger partial charge on any atom is 0.335 e. The summed E-state index contributed by atoms with van der Waals surface area (Å²) >= 11 is 0. The van der Waals surface area contributed by atoms with Crippen molar-refractivity contribution in [1.29, 1.82) is 0 Å². The Morgan fingerprint density at radius 2 is 0.859 bits per heavy atom. The van der Waals surface area contributed by atoms with E-state index in [-0.39, 0.29) is 11.4 Å². The van der Waals surface area contributed by atoms with Gasteiger partial charge >= 0.3 is 5.97 Å². The summed E-state index contributed by atoms with van der Waals surface area (Å²) in [5.41, 5.74) is 2.82. The van der Waals surface area contributed by atoms with Gasteiger partial charge in [-0.15, -0.1) is 5.10 Å². The van der Waals surface area contributed by atoms with E-state index in [0.29, 0.717) is 24.7 Å². The summed E-state index contributed by atoms with van der Waals surface area (Å²) in [4.78, 5) is 22.2. The van der Waals surface area contributed by atoms with Crippen molar-refractivity contribution < 1.29 is 14.6 Å². The third-order valence-electron chi connectivity index (χ3n) is 18.8. The first-order valence-electron chi connectivity index (χ1n) is 34.3. The second-order valence-corrected chi connectivity index (χ2v) is 25.4. The Morgan fingerprint density at radius 1 is 0.487 bits per heavy atom. The highest BCUT2D eigenvalue weighted by atomic mass is 16.5. The number of pyridine rings is 1. The van der Waals surface area contributed by atoms with Crippen molar-refractivity contribution in [3.8, 4) is 5.82 Å². The molecule has 2 saturated heterocycles. The lowest BCUT2D eigenvalue weighted by Gasteiger charge is -2.44. The lowest BCUT2D eigenvalue weighted by molar-refractivity contribution is -0.136. The minimum atomic E-state index is -0.700. The number of β-amino-alcohol motifs (C(OH)–C–C–N with tert-alkyl or cyclic N) is 1. The summed E-state index contributed by atoms with van der Waals surface area (Å²) in [6.07, 6.45) is 70.9. The molecule has 2 aromatic rings. The fourth-order valence-corrected chi connectivity index (χ4v) is 13.3. The molecule has 10 nitrogen and oxygen atoms in total. The van der Waals surface area contributed by atoms with Crippen LogP contribution < -0.4 is 0 Å². The molecule has 0 saturated carbocycles. The Balaban J connectivity index is 1.05. The average Bonchev–Trinajstić information content (AvgIpc) is 4.12. The second-order valence-electron chi connectivity index (χ2n) is 25.4. The van der Waals surface area contributed by atoms with Gasteiger partial charge in [-0.3, -0.25) is 0 Å². The largest absolute Gasteiger partial charge is 0.456 e. The fourth-order valence-electron chi connectivity index (χ4n) is 13.3. The summed E-state index contributed by atoms with van der Waals surface area (Å²) < 4.78 is 7.02. The van der Waals surface area contributed by atoms with Crippen LogP contribution in [0.3, 0.4) is 0 Å². The van der Waals surface area contributed by atoms with Gasteiger partial charge in [-0.1, -0.05) is 295 Å². The molecule has 0 amide bonds. The van der Waals surface area contributed by atoms with Gasteiger partial charge in [0.2, 0.25) is 0 Å². The standard InChI is InChI=1S/C68H121N7O3/c1-62-64(60-78-67(62)77)74-57-53-68(54-58-74)51-46-44-42-40-38-36-34-32-30-28-26-24-22-20-18-16-14-12-10-8-6-4-2-3-5-7-9-11-13-15-17-19-21-23-25-27-29-31-33-35-37-39-41-43-45-47-55-73(56-52-68)59-65(76)63-49-48-50-66(70-63)75-61-69-71-72-75/h48-50,61,65,76H,2-47,51-60H2,1H3. The zero-order valence-corrected chi connectivity index (χ0v) is 50.9. The molecular weight excluding hydrogens is 963 g/mol. The van der Waals surface area contributed by atoms with E-state index >= 15 is 0 Å². The van der Waals surface area contributed by atoms with Crippen LogP contribution in [-0.2, 0) is 9.53 Å². The lowest BCUT2D eigenvalue weighted by Crippen LogP contribution is -2.42. The summed E-state index contributed by atoms with van der Waals surface area (Å²) in [7, 11) is 0. The molecule has 0 bridgehead atoms. The van der Waals surface area contributed by atoms with Gasteiger partial charge < -0.3 is 19.6 Å². The van der Waals surface area contributed by atoms with E-state index in [9.17, 15) is 9.90 Å². The third-order valence-corrected chi connectivity index (χ3v) is 18.8. The smallest absolute Gasteiger partial charge is 0.335 e. The zero-order valence-electron chi connectivity index (χ0n) is 50.9. The van der Waals surface area contributed by atoms with Crippen molar-refractivity contribution in [3.05, 3.63) is 41.5 Å². The van der Waals surface area contributed by atoms with Gasteiger partial charge in [-0.25, -0.2) is 9.78 Å². The van der Waals surface area contributed by atoms with Crippen molar-refractivity contribution in [2.75, 3.05) is 39.3 Å². The van der Waals surface area contributed by atoms with E-state index in [1.54, 1.807) is 11.0 Å². The Labute approximate surface area is 479 Å². The Kier molecular flexibility index (Phi) is 37.1. The molecule has 10 heteroatoms. The quantitative estimate of drug-likeness (QED) is 0.293. The number of likely N-dealkylation sites (tertiary alicyclic amines) is 1. The van der Waals surface area contributed by atoms with Crippen molar-refractivity contribution in [2.45, 2.75) is 334 Å². The number of aliphatic hydroxyl groups is 1. The van der Waals surface area contributed by atoms with Gasteiger partial charge in [0.25, 0.3) is 0 Å². The number of ether oxygens (including phenoxy) is 1. The summed E-state index contributed by atoms with van der Waals surface area (Å²) in [5.74, 6) is 0.467. The number of hydrogen-bond acceptors (Lipinski definition) is 9. The van der Waals surface area contributed by atoms with Gasteiger partial charge in [-0.05, 0) is 80.1 Å². The SMILES string of the molecule is CC1=C(N2CCC3(CCCCCCCCCCCCCCCCCCCCCCCCCCCCCCCCCCCCCCCCCCCCCCCCN(CC(O)c4cccc(-n5cnnn5)n4)CC3)CC2)COC1=O. The first kappa shape index (κ1) is 66.0. The topological polar surface area (TPSA) is 110 Å². The zero-order chi connectivity index (χ0) is 54.7. The number of esters is 1. The molecule has 446 valence electrons. The minimum absolute atomic E-state index is 0.153. The van der Waals surface area contributed by atoms with Crippen LogP contribution in [0.25, 0.3) is 5.82 Å². The predicted molar refractivity (Wildman–Crippen MR) is 327 cm³/mol. The molecule has 5 heterocycles. The van der Waals surface area contributed by atoms with E-state index in [1.807, 2.05) is 25.1 Å². The van der Waals surface area contributed by atoms with Crippen molar-refractivity contribution >= 4 is 5.97 Å². The maximum absolute atomic E-state index is 12.4. The maximum atomic E-state index is 12.4. The summed E-state index contributed by atoms with van der Waals surface area (Å²) in [6.45, 7) is 6.88. The number of carbonyl (C=O) groups is 1. The van der Waals surface area contributed by atoms with Gasteiger partial charge in [0.05, 0.1) is 17.0 Å². The molecule has 78 heavy (non-hydrogen) atoms. The molecule has 0 aromatic carbocycles. The van der Waals surface area contributed by atoms with Crippen LogP contribution in [0.15, 0.2) is 35.8 Å². The molecule has 1 atom stereocenters. The number of tetrazole rings is 1. The Hall–Kier alpha value is -2.85. The Morgan fingerprint density at radius 3 is 1.22 bits per heavy atom. The van der Waals surface area contributed by atoms with Crippen LogP contribution in [0.2, 0.25) is 0 Å². The van der Waals surface area contributed by atoms with Crippen LogP contribution in [0.1, 0.15) is 340 Å². The Bertz CT molecular complexity index is 1760. The number of cyclic esters (lactones) is 1. The molecule has 1 spiro atoms. The first-order chi connectivity index (χ1) is 38.5. The third kappa shape index (κ3) is 29.7. The van der Waals surface area contributed by atoms with Crippen LogP contribution in [-0.4, -0.2) is 85.4 Å². The molecular formula is C68H121N7O3. The number of hydrogen-bond donors (Lipinski definition) is 1. The van der Waals surface area contributed by atoms with E-state index < -0.39 is 6.10 Å². The second kappa shape index (κ2) is 43.8. The van der Waals surface area contributed by atoms with Crippen LogP contribution in [0.4, 0.5) is 0 Å². The highest BCUT2D eigenvalue weighted by Crippen LogP contribution is 2.42. The number of aromatic nitrogens is 5. The molecule has 2 fully saturated rings. The van der Waals surface area contributed by atoms with Crippen molar-refractivity contribution in [1.82, 2.24) is 35.0 Å². The molecule has 3 aliphatic rings. The lowest BCUT2D eigenvalue weighted by atomic mass is 9.71. The van der Waals surface area contributed by atoms with E-state index in [1.165, 1.54) is 295 Å². The minimum Gasteiger partial charge on any atom is -0.456 e. The fraction of sp³-hybridized carbons (Fsp3) is 0.868. The number of piperidine rings is 1. The molecule has 0 aliphatic carbocycles. The molecule has 1 N–H and O–H groups in total. The van der Waals surface area contributed by atoms with Crippen LogP contribution in [0, 0.1) is 5.41 Å². The summed E-state index contributed by atoms with van der Waals surface area (Å²) in [6, 6.07) is 5.76. The number of aliphatic hydroxyl groups excluding tert-OH is 1. The molecule has 3 aliphatic heterocycles. The highest BCUT2D eigenvalue weighted by Gasteiger charge is 2.37. The van der Waals surface area contributed by atoms with E-state index in [4.69, 9.17) is 9.72 Å². The van der Waals surface area contributed by atoms with E-state index in [0.717, 1.165) is 63.1 Å². The predicted octanol–water partition coefficient (Wildman–Crippen LogP) is 19.0.